The van der Waals surface area contributed by atoms with Gasteiger partial charge in [-0.05, 0) is 31.1 Å². The highest BCUT2D eigenvalue weighted by Crippen LogP contribution is 2.51. The van der Waals surface area contributed by atoms with Crippen molar-refractivity contribution in [3.63, 3.8) is 0 Å². The van der Waals surface area contributed by atoms with Crippen LogP contribution in [-0.2, 0) is 7.05 Å². The molecule has 0 radical (unpaired) electrons. The third kappa shape index (κ3) is 1.21. The number of nitrogens with two attached hydrogens (primary N) is 1. The predicted octanol–water partition coefficient (Wildman–Crippen LogP) is 0.698. The topological polar surface area (TPSA) is 68.8 Å². The van der Waals surface area contributed by atoms with E-state index in [1.807, 2.05) is 18.7 Å². The molecule has 1 aromatic rings. The number of rotatable bonds is 2. The first-order valence-corrected chi connectivity index (χ1v) is 6.05. The molecule has 1 aromatic heterocycles. The molecule has 5 heteroatoms. The van der Waals surface area contributed by atoms with Crippen LogP contribution in [0, 0.1) is 11.8 Å². The van der Waals surface area contributed by atoms with Gasteiger partial charge in [0.15, 0.2) is 0 Å². The van der Waals surface area contributed by atoms with Gasteiger partial charge in [-0.2, -0.15) is 0 Å². The van der Waals surface area contributed by atoms with Gasteiger partial charge in [0.2, 0.25) is 5.95 Å². The summed E-state index contributed by atoms with van der Waals surface area (Å²) < 4.78 is 2.05. The third-order valence-corrected chi connectivity index (χ3v) is 4.41. The lowest BCUT2D eigenvalue weighted by atomic mass is 9.84. The zero-order valence-corrected chi connectivity index (χ0v) is 9.85. The minimum absolute atomic E-state index is 0.284. The summed E-state index contributed by atoms with van der Waals surface area (Å²) in [6.07, 6.45) is 3.90. The molecule has 0 saturated heterocycles. The van der Waals surface area contributed by atoms with E-state index in [-0.39, 0.29) is 6.04 Å². The molecule has 0 aromatic carbocycles. The number of nitrogens with one attached hydrogen (secondary N) is 1. The Kier molecular flexibility index (Phi) is 2.17. The van der Waals surface area contributed by atoms with Gasteiger partial charge >= 0.3 is 0 Å². The molecule has 88 valence electrons. The number of fused-ring (bicyclic) bond motifs is 2. The maximum Gasteiger partial charge on any atom is 0.224 e. The summed E-state index contributed by atoms with van der Waals surface area (Å²) in [6, 6.07) is 0.284. The third-order valence-electron chi connectivity index (χ3n) is 4.41. The van der Waals surface area contributed by atoms with Crippen molar-refractivity contribution in [1.29, 1.82) is 0 Å². The molecule has 4 unspecified atom stereocenters. The van der Waals surface area contributed by atoms with Crippen LogP contribution in [0.2, 0.25) is 0 Å². The van der Waals surface area contributed by atoms with Gasteiger partial charge in [0.1, 0.15) is 5.82 Å². The van der Waals surface area contributed by atoms with Gasteiger partial charge in [0, 0.05) is 26.1 Å². The Bertz CT molecular complexity index is 397. The van der Waals surface area contributed by atoms with Crippen LogP contribution in [-0.4, -0.2) is 27.9 Å². The van der Waals surface area contributed by atoms with E-state index < -0.39 is 0 Å². The summed E-state index contributed by atoms with van der Waals surface area (Å²) in [7, 11) is 3.88. The molecule has 3 N–H and O–H groups in total. The second-order valence-corrected chi connectivity index (χ2v) is 5.13. The van der Waals surface area contributed by atoms with Crippen LogP contribution in [0.25, 0.3) is 0 Å². The SMILES string of the molecule is CNc1nnc(C2C3CCC(C3)C2N)n1C. The smallest absolute Gasteiger partial charge is 0.224 e. The molecule has 2 aliphatic rings. The molecule has 2 aliphatic carbocycles. The van der Waals surface area contributed by atoms with Crippen molar-refractivity contribution in [2.75, 3.05) is 12.4 Å². The molecule has 16 heavy (non-hydrogen) atoms. The molecule has 2 saturated carbocycles. The maximum atomic E-state index is 6.31. The highest BCUT2D eigenvalue weighted by atomic mass is 15.3. The van der Waals surface area contributed by atoms with E-state index in [1.165, 1.54) is 19.3 Å². The quantitative estimate of drug-likeness (QED) is 0.771. The maximum absolute atomic E-state index is 6.31. The number of anilines is 1. The van der Waals surface area contributed by atoms with Gasteiger partial charge in [-0.1, -0.05) is 0 Å². The van der Waals surface area contributed by atoms with Gasteiger partial charge in [-0.3, -0.25) is 0 Å². The van der Waals surface area contributed by atoms with Crippen molar-refractivity contribution < 1.29 is 0 Å². The highest BCUT2D eigenvalue weighted by Gasteiger charge is 2.48. The van der Waals surface area contributed by atoms with Gasteiger partial charge in [0.25, 0.3) is 0 Å². The minimum Gasteiger partial charge on any atom is -0.357 e. The molecule has 4 atom stereocenters. The Morgan fingerprint density at radius 1 is 1.31 bits per heavy atom. The zero-order valence-electron chi connectivity index (χ0n) is 9.85. The Morgan fingerprint density at radius 2 is 2.06 bits per heavy atom. The molecule has 0 spiro atoms. The van der Waals surface area contributed by atoms with Crippen LogP contribution in [0.4, 0.5) is 5.95 Å². The van der Waals surface area contributed by atoms with E-state index in [4.69, 9.17) is 5.73 Å². The first-order chi connectivity index (χ1) is 7.72. The lowest BCUT2D eigenvalue weighted by Gasteiger charge is -2.27. The molecule has 5 nitrogen and oxygen atoms in total. The minimum atomic E-state index is 0.284. The number of hydrogen-bond donors (Lipinski definition) is 2. The largest absolute Gasteiger partial charge is 0.357 e. The first kappa shape index (κ1) is 10.1. The van der Waals surface area contributed by atoms with Crippen molar-refractivity contribution >= 4 is 5.95 Å². The average Bonchev–Trinajstić information content (AvgIpc) is 2.93. The van der Waals surface area contributed by atoms with Crippen molar-refractivity contribution in [3.8, 4) is 0 Å². The number of nitrogens with zero attached hydrogens (tertiary/aromatic N) is 3. The van der Waals surface area contributed by atoms with Gasteiger partial charge in [0.05, 0.1) is 0 Å². The first-order valence-electron chi connectivity index (χ1n) is 6.05. The number of aromatic nitrogens is 3. The summed E-state index contributed by atoms with van der Waals surface area (Å²) in [5.41, 5.74) is 6.31. The lowest BCUT2D eigenvalue weighted by molar-refractivity contribution is 0.348. The van der Waals surface area contributed by atoms with Crippen molar-refractivity contribution in [2.45, 2.75) is 31.2 Å². The summed E-state index contributed by atoms with van der Waals surface area (Å²) in [6.45, 7) is 0. The van der Waals surface area contributed by atoms with E-state index in [0.717, 1.165) is 17.7 Å². The lowest BCUT2D eigenvalue weighted by Crippen LogP contribution is -2.35. The molecule has 3 rings (SSSR count). The van der Waals surface area contributed by atoms with Crippen LogP contribution in [0.1, 0.15) is 31.0 Å². The zero-order chi connectivity index (χ0) is 11.3. The summed E-state index contributed by atoms with van der Waals surface area (Å²) in [5, 5.41) is 11.5. The molecule has 0 aliphatic heterocycles. The molecule has 0 amide bonds. The summed E-state index contributed by atoms with van der Waals surface area (Å²) in [5.74, 6) is 3.74. The molecule has 1 heterocycles. The van der Waals surface area contributed by atoms with Crippen LogP contribution in [0.15, 0.2) is 0 Å². The fourth-order valence-corrected chi connectivity index (χ4v) is 3.57. The van der Waals surface area contributed by atoms with Gasteiger partial charge in [-0.25, -0.2) is 0 Å². The van der Waals surface area contributed by atoms with E-state index >= 15 is 0 Å². The van der Waals surface area contributed by atoms with Crippen molar-refractivity contribution in [2.24, 2.45) is 24.6 Å². The Morgan fingerprint density at radius 3 is 2.62 bits per heavy atom. The summed E-state index contributed by atoms with van der Waals surface area (Å²) in [4.78, 5) is 0. The highest BCUT2D eigenvalue weighted by molar-refractivity contribution is 5.27. The van der Waals surface area contributed by atoms with E-state index in [1.54, 1.807) is 0 Å². The monoisotopic (exact) mass is 221 g/mol. The fraction of sp³-hybridized carbons (Fsp3) is 0.818. The normalized spacial score (nSPS) is 36.9. The Balaban J connectivity index is 1.95. The second-order valence-electron chi connectivity index (χ2n) is 5.13. The standard InChI is InChI=1S/C11H19N5/c1-13-11-15-14-10(16(11)2)8-6-3-4-7(5-6)9(8)12/h6-9H,3-5,12H2,1-2H3,(H,13,15). The van der Waals surface area contributed by atoms with Crippen LogP contribution < -0.4 is 11.1 Å². The number of hydrogen-bond acceptors (Lipinski definition) is 4. The van der Waals surface area contributed by atoms with Crippen molar-refractivity contribution in [1.82, 2.24) is 14.8 Å². The van der Waals surface area contributed by atoms with Gasteiger partial charge < -0.3 is 15.6 Å². The van der Waals surface area contributed by atoms with Crippen LogP contribution >= 0.6 is 0 Å². The second kappa shape index (κ2) is 3.45. The van der Waals surface area contributed by atoms with Crippen LogP contribution in [0.5, 0.6) is 0 Å². The molecular formula is C11H19N5. The van der Waals surface area contributed by atoms with E-state index in [9.17, 15) is 0 Å². The van der Waals surface area contributed by atoms with Crippen molar-refractivity contribution in [3.05, 3.63) is 5.82 Å². The molecular weight excluding hydrogens is 202 g/mol. The van der Waals surface area contributed by atoms with E-state index in [2.05, 4.69) is 15.5 Å². The van der Waals surface area contributed by atoms with E-state index in [0.29, 0.717) is 11.8 Å². The molecule has 2 bridgehead atoms. The predicted molar refractivity (Wildman–Crippen MR) is 62.1 cm³/mol. The molecule has 2 fully saturated rings. The fourth-order valence-electron chi connectivity index (χ4n) is 3.57. The average molecular weight is 221 g/mol. The Hall–Kier alpha value is -1.10. The van der Waals surface area contributed by atoms with Gasteiger partial charge in [-0.15, -0.1) is 10.2 Å². The Labute approximate surface area is 95.4 Å². The summed E-state index contributed by atoms with van der Waals surface area (Å²) >= 11 is 0. The van der Waals surface area contributed by atoms with Crippen LogP contribution in [0.3, 0.4) is 0 Å².